The van der Waals surface area contributed by atoms with Gasteiger partial charge in [0.1, 0.15) is 0 Å². The van der Waals surface area contributed by atoms with Gasteiger partial charge in [0.05, 0.1) is 5.57 Å². The van der Waals surface area contributed by atoms with Gasteiger partial charge in [0, 0.05) is 29.7 Å². The average Bonchev–Trinajstić information content (AvgIpc) is 2.56. The summed E-state index contributed by atoms with van der Waals surface area (Å²) < 4.78 is 1.90. The van der Waals surface area contributed by atoms with Crippen molar-refractivity contribution in [3.05, 3.63) is 42.6 Å². The minimum Gasteiger partial charge on any atom is -0.478 e. The van der Waals surface area contributed by atoms with Crippen molar-refractivity contribution < 1.29 is 9.90 Å². The number of nitrogens with zero attached hydrogens (tertiary/aromatic N) is 1. The van der Waals surface area contributed by atoms with Gasteiger partial charge in [-0.1, -0.05) is 24.8 Å². The van der Waals surface area contributed by atoms with E-state index in [-0.39, 0.29) is 5.57 Å². The third-order valence-corrected chi connectivity index (χ3v) is 2.48. The molecule has 0 fully saturated rings. The fourth-order valence-electron chi connectivity index (χ4n) is 1.70. The Morgan fingerprint density at radius 3 is 2.73 bits per heavy atom. The van der Waals surface area contributed by atoms with E-state index >= 15 is 0 Å². The number of carbonyl (C=O) groups is 1. The topological polar surface area (TPSA) is 42.2 Å². The van der Waals surface area contributed by atoms with E-state index in [9.17, 15) is 4.79 Å². The summed E-state index contributed by atoms with van der Waals surface area (Å²) in [7, 11) is 1.89. The van der Waals surface area contributed by atoms with Crippen LogP contribution in [0.3, 0.4) is 0 Å². The molecule has 0 aliphatic rings. The van der Waals surface area contributed by atoms with Gasteiger partial charge in [0.2, 0.25) is 0 Å². The Morgan fingerprint density at radius 1 is 1.40 bits per heavy atom. The fourth-order valence-corrected chi connectivity index (χ4v) is 1.70. The number of carboxylic acids is 1. The van der Waals surface area contributed by atoms with Crippen LogP contribution < -0.4 is 0 Å². The predicted octanol–water partition coefficient (Wildman–Crippen LogP) is 2.28. The smallest absolute Gasteiger partial charge is 0.335 e. The maximum atomic E-state index is 10.8. The van der Waals surface area contributed by atoms with Crippen molar-refractivity contribution >= 4 is 22.4 Å². The van der Waals surface area contributed by atoms with Crippen LogP contribution >= 0.6 is 0 Å². The Morgan fingerprint density at radius 2 is 2.07 bits per heavy atom. The molecule has 1 aromatic carbocycles. The summed E-state index contributed by atoms with van der Waals surface area (Å²) in [4.78, 5) is 10.8. The van der Waals surface area contributed by atoms with E-state index < -0.39 is 5.97 Å². The van der Waals surface area contributed by atoms with Gasteiger partial charge in [0.25, 0.3) is 0 Å². The minimum absolute atomic E-state index is 0.131. The Labute approximate surface area is 87.3 Å². The van der Waals surface area contributed by atoms with Crippen molar-refractivity contribution in [3.8, 4) is 0 Å². The van der Waals surface area contributed by atoms with Crippen molar-refractivity contribution in [1.82, 2.24) is 4.57 Å². The van der Waals surface area contributed by atoms with Crippen LogP contribution in [0.25, 0.3) is 16.5 Å². The third kappa shape index (κ3) is 1.42. The van der Waals surface area contributed by atoms with Gasteiger partial charge in [0.15, 0.2) is 0 Å². The van der Waals surface area contributed by atoms with Crippen molar-refractivity contribution in [2.75, 3.05) is 0 Å². The highest BCUT2D eigenvalue weighted by Crippen LogP contribution is 2.25. The summed E-state index contributed by atoms with van der Waals surface area (Å²) in [6, 6.07) is 7.67. The first-order valence-electron chi connectivity index (χ1n) is 4.58. The molecule has 0 saturated carbocycles. The normalized spacial score (nSPS) is 10.5. The molecule has 2 aromatic rings. The molecule has 76 valence electrons. The second kappa shape index (κ2) is 3.28. The number of carboxylic acid groups (broad SMARTS) is 1. The largest absolute Gasteiger partial charge is 0.478 e. The zero-order valence-electron chi connectivity index (χ0n) is 8.40. The first-order valence-corrected chi connectivity index (χ1v) is 4.58. The predicted molar refractivity (Wildman–Crippen MR) is 59.6 cm³/mol. The molecule has 2 rings (SSSR count). The minimum atomic E-state index is -0.980. The SMILES string of the molecule is C=C(C(=O)O)c1cn(C)c2ccccc12. The van der Waals surface area contributed by atoms with E-state index in [1.54, 1.807) is 6.20 Å². The molecule has 0 aliphatic heterocycles. The quantitative estimate of drug-likeness (QED) is 0.757. The molecule has 0 unspecified atom stereocenters. The lowest BCUT2D eigenvalue weighted by molar-refractivity contribution is -0.130. The van der Waals surface area contributed by atoms with Gasteiger partial charge in [-0.05, 0) is 6.07 Å². The van der Waals surface area contributed by atoms with Gasteiger partial charge in [-0.25, -0.2) is 4.79 Å². The Balaban J connectivity index is 2.72. The third-order valence-electron chi connectivity index (χ3n) is 2.48. The number of rotatable bonds is 2. The molecule has 0 radical (unpaired) electrons. The molecule has 0 bridgehead atoms. The molecule has 0 atom stereocenters. The first kappa shape index (κ1) is 9.52. The van der Waals surface area contributed by atoms with Crippen LogP contribution in [0.5, 0.6) is 0 Å². The van der Waals surface area contributed by atoms with Crippen LogP contribution in [0.2, 0.25) is 0 Å². The van der Waals surface area contributed by atoms with Crippen molar-refractivity contribution in [2.24, 2.45) is 7.05 Å². The van der Waals surface area contributed by atoms with Crippen molar-refractivity contribution in [2.45, 2.75) is 0 Å². The van der Waals surface area contributed by atoms with E-state index in [0.29, 0.717) is 5.56 Å². The monoisotopic (exact) mass is 201 g/mol. The van der Waals surface area contributed by atoms with Crippen LogP contribution in [0.1, 0.15) is 5.56 Å². The highest BCUT2D eigenvalue weighted by Gasteiger charge is 2.13. The number of para-hydroxylation sites is 1. The lowest BCUT2D eigenvalue weighted by Gasteiger charge is -1.96. The number of benzene rings is 1. The Kier molecular flexibility index (Phi) is 2.08. The fraction of sp³-hybridized carbons (Fsp3) is 0.0833. The molecule has 0 aliphatic carbocycles. The number of aliphatic carboxylic acids is 1. The molecule has 15 heavy (non-hydrogen) atoms. The average molecular weight is 201 g/mol. The summed E-state index contributed by atoms with van der Waals surface area (Å²) in [5.41, 5.74) is 1.82. The highest BCUT2D eigenvalue weighted by atomic mass is 16.4. The second-order valence-electron chi connectivity index (χ2n) is 3.45. The van der Waals surface area contributed by atoms with Crippen LogP contribution in [0.15, 0.2) is 37.0 Å². The number of hydrogen-bond acceptors (Lipinski definition) is 1. The lowest BCUT2D eigenvalue weighted by atomic mass is 10.1. The molecule has 1 N–H and O–H groups in total. The summed E-state index contributed by atoms with van der Waals surface area (Å²) in [6.07, 6.45) is 1.79. The molecular weight excluding hydrogens is 190 g/mol. The molecule has 1 heterocycles. The standard InChI is InChI=1S/C12H11NO2/c1-8(12(14)15)10-7-13(2)11-6-4-3-5-9(10)11/h3-7H,1H2,2H3,(H,14,15). The van der Waals surface area contributed by atoms with E-state index in [2.05, 4.69) is 6.58 Å². The molecule has 0 spiro atoms. The highest BCUT2D eigenvalue weighted by molar-refractivity contribution is 6.18. The molecule has 1 aromatic heterocycles. The van der Waals surface area contributed by atoms with Crippen molar-refractivity contribution in [1.29, 1.82) is 0 Å². The van der Waals surface area contributed by atoms with Crippen LogP contribution in [0.4, 0.5) is 0 Å². The van der Waals surface area contributed by atoms with E-state index in [4.69, 9.17) is 5.11 Å². The maximum Gasteiger partial charge on any atom is 0.335 e. The van der Waals surface area contributed by atoms with Crippen molar-refractivity contribution in [3.63, 3.8) is 0 Å². The molecule has 3 heteroatoms. The second-order valence-corrected chi connectivity index (χ2v) is 3.45. The number of fused-ring (bicyclic) bond motifs is 1. The molecule has 0 saturated heterocycles. The number of aromatic nitrogens is 1. The van der Waals surface area contributed by atoms with Crippen LogP contribution in [0, 0.1) is 0 Å². The van der Waals surface area contributed by atoms with Crippen LogP contribution in [-0.2, 0) is 11.8 Å². The number of hydrogen-bond donors (Lipinski definition) is 1. The molecule has 3 nitrogen and oxygen atoms in total. The first-order chi connectivity index (χ1) is 7.11. The van der Waals surface area contributed by atoms with Gasteiger partial charge in [-0.3, -0.25) is 0 Å². The number of aryl methyl sites for hydroxylation is 1. The van der Waals surface area contributed by atoms with Crippen LogP contribution in [-0.4, -0.2) is 15.6 Å². The summed E-state index contributed by atoms with van der Waals surface area (Å²) >= 11 is 0. The van der Waals surface area contributed by atoms with E-state index in [0.717, 1.165) is 10.9 Å². The van der Waals surface area contributed by atoms with E-state index in [1.807, 2.05) is 35.9 Å². The molecular formula is C12H11NO2. The summed E-state index contributed by atoms with van der Waals surface area (Å²) in [5, 5.41) is 9.82. The lowest BCUT2D eigenvalue weighted by Crippen LogP contribution is -1.96. The van der Waals surface area contributed by atoms with Gasteiger partial charge >= 0.3 is 5.97 Å². The van der Waals surface area contributed by atoms with Gasteiger partial charge < -0.3 is 9.67 Å². The summed E-state index contributed by atoms with van der Waals surface area (Å²) in [5.74, 6) is -0.980. The maximum absolute atomic E-state index is 10.8. The van der Waals surface area contributed by atoms with E-state index in [1.165, 1.54) is 0 Å². The molecule has 0 amide bonds. The Bertz CT molecular complexity index is 552. The Hall–Kier alpha value is -2.03. The zero-order chi connectivity index (χ0) is 11.0. The summed E-state index contributed by atoms with van der Waals surface area (Å²) in [6.45, 7) is 3.58. The zero-order valence-corrected chi connectivity index (χ0v) is 8.40. The van der Waals surface area contributed by atoms with Gasteiger partial charge in [-0.2, -0.15) is 0 Å². The van der Waals surface area contributed by atoms with Gasteiger partial charge in [-0.15, -0.1) is 0 Å².